The van der Waals surface area contributed by atoms with Crippen LogP contribution in [0, 0.1) is 0 Å². The molecule has 3 heteroatoms. The van der Waals surface area contributed by atoms with Gasteiger partial charge in [0, 0.05) is 24.8 Å². The van der Waals surface area contributed by atoms with Crippen LogP contribution in [0.3, 0.4) is 0 Å². The lowest BCUT2D eigenvalue weighted by molar-refractivity contribution is 0.0305. The summed E-state index contributed by atoms with van der Waals surface area (Å²) in [5.41, 5.74) is 2.76. The van der Waals surface area contributed by atoms with Crippen LogP contribution in [0.4, 0.5) is 5.69 Å². The lowest BCUT2D eigenvalue weighted by Gasteiger charge is -2.34. The molecule has 2 saturated heterocycles. The summed E-state index contributed by atoms with van der Waals surface area (Å²) in [6.45, 7) is 7.67. The molecule has 3 rings (SSSR count). The van der Waals surface area contributed by atoms with Crippen LogP contribution in [-0.4, -0.2) is 31.8 Å². The van der Waals surface area contributed by atoms with E-state index in [0.717, 1.165) is 26.1 Å². The minimum atomic E-state index is 0.457. The van der Waals surface area contributed by atoms with Crippen LogP contribution in [0.2, 0.25) is 0 Å². The summed E-state index contributed by atoms with van der Waals surface area (Å²) in [6.07, 6.45) is 5.71. The molecule has 0 spiro atoms. The Hall–Kier alpha value is -1.06. The summed E-state index contributed by atoms with van der Waals surface area (Å²) in [5.74, 6) is 0. The van der Waals surface area contributed by atoms with Crippen LogP contribution < -0.4 is 10.2 Å². The predicted molar refractivity (Wildman–Crippen MR) is 87.9 cm³/mol. The Kier molecular flexibility index (Phi) is 4.81. The first-order chi connectivity index (χ1) is 10.3. The molecule has 0 aliphatic carbocycles. The molecule has 0 aromatic heterocycles. The van der Waals surface area contributed by atoms with E-state index in [-0.39, 0.29) is 0 Å². The Morgan fingerprint density at radius 3 is 2.38 bits per heavy atom. The van der Waals surface area contributed by atoms with Gasteiger partial charge in [0.2, 0.25) is 0 Å². The van der Waals surface area contributed by atoms with Crippen molar-refractivity contribution in [1.82, 2.24) is 5.32 Å². The molecule has 2 aliphatic rings. The summed E-state index contributed by atoms with van der Waals surface area (Å²) in [5, 5.41) is 3.62. The second kappa shape index (κ2) is 6.80. The van der Waals surface area contributed by atoms with Crippen molar-refractivity contribution in [2.24, 2.45) is 0 Å². The van der Waals surface area contributed by atoms with Gasteiger partial charge in [0.05, 0.1) is 12.2 Å². The van der Waals surface area contributed by atoms with Crippen LogP contribution in [0.25, 0.3) is 0 Å². The Labute approximate surface area is 128 Å². The van der Waals surface area contributed by atoms with Gasteiger partial charge in [0.25, 0.3) is 0 Å². The quantitative estimate of drug-likeness (QED) is 0.867. The third kappa shape index (κ3) is 3.41. The van der Waals surface area contributed by atoms with Crippen molar-refractivity contribution < 1.29 is 4.74 Å². The Morgan fingerprint density at radius 1 is 1.14 bits per heavy atom. The first-order valence-corrected chi connectivity index (χ1v) is 8.54. The zero-order valence-corrected chi connectivity index (χ0v) is 13.3. The van der Waals surface area contributed by atoms with E-state index < -0.39 is 0 Å². The largest absolute Gasteiger partial charge is 0.371 e. The molecule has 2 fully saturated rings. The Morgan fingerprint density at radius 2 is 1.81 bits per heavy atom. The van der Waals surface area contributed by atoms with Crippen LogP contribution in [0.5, 0.6) is 0 Å². The molecule has 0 amide bonds. The van der Waals surface area contributed by atoms with Gasteiger partial charge >= 0.3 is 0 Å². The number of rotatable bonds is 6. The van der Waals surface area contributed by atoms with Gasteiger partial charge in [-0.2, -0.15) is 0 Å². The highest BCUT2D eigenvalue weighted by atomic mass is 16.5. The second-order valence-electron chi connectivity index (χ2n) is 6.37. The molecule has 116 valence electrons. The zero-order valence-electron chi connectivity index (χ0n) is 13.3. The van der Waals surface area contributed by atoms with Crippen molar-refractivity contribution in [3.63, 3.8) is 0 Å². The Balaban J connectivity index is 1.66. The molecule has 0 saturated carbocycles. The Bertz CT molecular complexity index is 433. The minimum absolute atomic E-state index is 0.457. The average molecular weight is 288 g/mol. The van der Waals surface area contributed by atoms with E-state index in [1.807, 2.05) is 0 Å². The second-order valence-corrected chi connectivity index (χ2v) is 6.37. The van der Waals surface area contributed by atoms with Crippen molar-refractivity contribution >= 4 is 5.69 Å². The number of ether oxygens (including phenoxy) is 1. The van der Waals surface area contributed by atoms with Crippen molar-refractivity contribution in [3.8, 4) is 0 Å². The maximum Gasteiger partial charge on any atom is 0.0755 e. The van der Waals surface area contributed by atoms with Crippen molar-refractivity contribution in [2.75, 3.05) is 24.5 Å². The van der Waals surface area contributed by atoms with Crippen LogP contribution in [0.1, 0.15) is 51.1 Å². The lowest BCUT2D eigenvalue weighted by Crippen LogP contribution is -2.42. The summed E-state index contributed by atoms with van der Waals surface area (Å²) in [7, 11) is 0. The van der Waals surface area contributed by atoms with Gasteiger partial charge in [-0.3, -0.25) is 0 Å². The number of nitrogens with zero attached hydrogens (tertiary/aromatic N) is 1. The predicted octanol–water partition coefficient (Wildman–Crippen LogP) is 3.50. The molecule has 2 bridgehead atoms. The highest BCUT2D eigenvalue weighted by molar-refractivity contribution is 5.49. The number of benzene rings is 1. The monoisotopic (exact) mass is 288 g/mol. The summed E-state index contributed by atoms with van der Waals surface area (Å²) >= 11 is 0. The highest BCUT2D eigenvalue weighted by Crippen LogP contribution is 2.30. The minimum Gasteiger partial charge on any atom is -0.371 e. The molecule has 21 heavy (non-hydrogen) atoms. The normalized spacial score (nSPS) is 26.1. The van der Waals surface area contributed by atoms with E-state index in [4.69, 9.17) is 4.74 Å². The molecule has 0 radical (unpaired) electrons. The fourth-order valence-corrected chi connectivity index (χ4v) is 3.56. The molecule has 1 aromatic rings. The van der Waals surface area contributed by atoms with E-state index in [9.17, 15) is 0 Å². The molecule has 3 unspecified atom stereocenters. The fourth-order valence-electron chi connectivity index (χ4n) is 3.56. The van der Waals surface area contributed by atoms with E-state index in [1.165, 1.54) is 30.5 Å². The van der Waals surface area contributed by atoms with Gasteiger partial charge in [0.15, 0.2) is 0 Å². The molecular weight excluding hydrogens is 260 g/mol. The zero-order chi connectivity index (χ0) is 14.7. The SMILES string of the molecule is CCCNC(CC)c1ccc(N2CC3CCC(C2)O3)cc1. The van der Waals surface area contributed by atoms with Crippen molar-refractivity contribution in [3.05, 3.63) is 29.8 Å². The molecule has 3 atom stereocenters. The number of hydrogen-bond donors (Lipinski definition) is 1. The first-order valence-electron chi connectivity index (χ1n) is 8.54. The van der Waals surface area contributed by atoms with Gasteiger partial charge < -0.3 is 15.0 Å². The van der Waals surface area contributed by atoms with Crippen molar-refractivity contribution in [1.29, 1.82) is 0 Å². The van der Waals surface area contributed by atoms with Crippen LogP contribution in [0.15, 0.2) is 24.3 Å². The third-order valence-electron chi connectivity index (χ3n) is 4.75. The van der Waals surface area contributed by atoms with E-state index in [0.29, 0.717) is 18.2 Å². The summed E-state index contributed by atoms with van der Waals surface area (Å²) in [6, 6.07) is 9.65. The molecule has 3 nitrogen and oxygen atoms in total. The van der Waals surface area contributed by atoms with Gasteiger partial charge in [0.1, 0.15) is 0 Å². The van der Waals surface area contributed by atoms with E-state index in [2.05, 4.69) is 48.3 Å². The molecule has 1 N–H and O–H groups in total. The van der Waals surface area contributed by atoms with E-state index in [1.54, 1.807) is 0 Å². The molecule has 2 heterocycles. The summed E-state index contributed by atoms with van der Waals surface area (Å²) in [4.78, 5) is 2.50. The van der Waals surface area contributed by atoms with E-state index >= 15 is 0 Å². The van der Waals surface area contributed by atoms with Gasteiger partial charge in [-0.25, -0.2) is 0 Å². The molecule has 2 aliphatic heterocycles. The number of fused-ring (bicyclic) bond motifs is 2. The topological polar surface area (TPSA) is 24.5 Å². The molecular formula is C18H28N2O. The van der Waals surface area contributed by atoms with Gasteiger partial charge in [-0.1, -0.05) is 26.0 Å². The summed E-state index contributed by atoms with van der Waals surface area (Å²) < 4.78 is 5.92. The number of morpholine rings is 1. The first kappa shape index (κ1) is 14.9. The number of hydrogen-bond acceptors (Lipinski definition) is 3. The van der Waals surface area contributed by atoms with Crippen molar-refractivity contribution in [2.45, 2.75) is 57.8 Å². The van der Waals surface area contributed by atoms with Crippen LogP contribution in [-0.2, 0) is 4.74 Å². The molecule has 1 aromatic carbocycles. The van der Waals surface area contributed by atoms with Gasteiger partial charge in [-0.15, -0.1) is 0 Å². The highest BCUT2D eigenvalue weighted by Gasteiger charge is 2.33. The fraction of sp³-hybridized carbons (Fsp3) is 0.667. The maximum atomic E-state index is 5.92. The smallest absolute Gasteiger partial charge is 0.0755 e. The number of anilines is 1. The number of nitrogens with one attached hydrogen (secondary N) is 1. The lowest BCUT2D eigenvalue weighted by atomic mass is 10.0. The van der Waals surface area contributed by atoms with Gasteiger partial charge in [-0.05, 0) is 49.9 Å². The third-order valence-corrected chi connectivity index (χ3v) is 4.75. The maximum absolute atomic E-state index is 5.92. The average Bonchev–Trinajstić information content (AvgIpc) is 2.87. The standard InChI is InChI=1S/C18H28N2O/c1-3-11-19-18(4-2)14-5-7-15(8-6-14)20-12-16-9-10-17(13-20)21-16/h5-8,16-19H,3-4,9-13H2,1-2H3. The van der Waals surface area contributed by atoms with Crippen LogP contribution >= 0.6 is 0 Å².